The molecule has 0 aromatic heterocycles. The van der Waals surface area contributed by atoms with Gasteiger partial charge < -0.3 is 4.74 Å². The quantitative estimate of drug-likeness (QED) is 0.861. The Morgan fingerprint density at radius 1 is 1.24 bits per heavy atom. The van der Waals surface area contributed by atoms with E-state index in [-0.39, 0.29) is 17.6 Å². The molecule has 5 heteroatoms. The third-order valence-corrected chi connectivity index (χ3v) is 6.98. The predicted octanol–water partition coefficient (Wildman–Crippen LogP) is 2.43. The molecule has 1 aromatic carbocycles. The molecule has 0 radical (unpaired) electrons. The summed E-state index contributed by atoms with van der Waals surface area (Å²) in [5.41, 5.74) is 0.929. The molecule has 0 N–H and O–H groups in total. The second kappa shape index (κ2) is 4.80. The zero-order valence-electron chi connectivity index (χ0n) is 13.0. The number of rotatable bonds is 3. The number of nitrogens with zero attached hydrogens (tertiary/aromatic N) is 1. The first kappa shape index (κ1) is 15.0. The van der Waals surface area contributed by atoms with Crippen LogP contribution in [-0.4, -0.2) is 38.5 Å². The van der Waals surface area contributed by atoms with Crippen molar-refractivity contribution in [2.24, 2.45) is 11.3 Å². The minimum atomic E-state index is -3.45. The van der Waals surface area contributed by atoms with E-state index in [0.29, 0.717) is 10.8 Å². The summed E-state index contributed by atoms with van der Waals surface area (Å²) in [4.78, 5) is 0.369. The molecule has 2 aliphatic rings. The van der Waals surface area contributed by atoms with E-state index >= 15 is 0 Å². The highest BCUT2D eigenvalue weighted by atomic mass is 32.2. The molecule has 3 atom stereocenters. The predicted molar refractivity (Wildman–Crippen MR) is 81.5 cm³/mol. The maximum atomic E-state index is 12.8. The van der Waals surface area contributed by atoms with Crippen molar-refractivity contribution in [1.29, 1.82) is 0 Å². The van der Waals surface area contributed by atoms with Crippen molar-refractivity contribution in [3.63, 3.8) is 0 Å². The molecule has 1 aliphatic heterocycles. The highest BCUT2D eigenvalue weighted by molar-refractivity contribution is 7.89. The minimum Gasteiger partial charge on any atom is -0.377 e. The van der Waals surface area contributed by atoms with E-state index < -0.39 is 10.0 Å². The highest BCUT2D eigenvalue weighted by Gasteiger charge is 2.62. The number of benzene rings is 1. The van der Waals surface area contributed by atoms with Gasteiger partial charge in [-0.05, 0) is 25.5 Å². The van der Waals surface area contributed by atoms with Gasteiger partial charge in [-0.15, -0.1) is 0 Å². The monoisotopic (exact) mass is 309 g/mol. The first-order valence-electron chi connectivity index (χ1n) is 7.42. The summed E-state index contributed by atoms with van der Waals surface area (Å²) in [6.07, 6.45) is 1.14. The molecule has 3 rings (SSSR count). The molecule has 4 nitrogen and oxygen atoms in total. The molecule has 116 valence electrons. The van der Waals surface area contributed by atoms with Crippen LogP contribution in [0, 0.1) is 18.3 Å². The van der Waals surface area contributed by atoms with Crippen LogP contribution in [0.2, 0.25) is 0 Å². The molecular weight excluding hydrogens is 286 g/mol. The molecule has 1 saturated heterocycles. The SMILES string of the molecule is Cc1ccc(S(=O)(=O)N(C)[C@@H]2[C@H]3CCO[C@@H]3C2(C)C)cc1. The highest BCUT2D eigenvalue weighted by Crippen LogP contribution is 2.55. The standard InChI is InChI=1S/C16H23NO3S/c1-11-5-7-12(8-6-11)21(18,19)17(4)14-13-9-10-20-15(13)16(14,2)3/h5-8,13-15H,9-10H2,1-4H3/t13-,14-,15+/m1/s1. The maximum absolute atomic E-state index is 12.8. The molecule has 1 saturated carbocycles. The molecular formula is C16H23NO3S. The van der Waals surface area contributed by atoms with Crippen LogP contribution >= 0.6 is 0 Å². The van der Waals surface area contributed by atoms with Crippen molar-refractivity contribution in [1.82, 2.24) is 4.31 Å². The maximum Gasteiger partial charge on any atom is 0.243 e. The van der Waals surface area contributed by atoms with Crippen LogP contribution in [0.25, 0.3) is 0 Å². The van der Waals surface area contributed by atoms with Crippen LogP contribution in [0.15, 0.2) is 29.2 Å². The lowest BCUT2D eigenvalue weighted by Crippen LogP contribution is -2.66. The van der Waals surface area contributed by atoms with E-state index in [1.165, 1.54) is 0 Å². The summed E-state index contributed by atoms with van der Waals surface area (Å²) in [7, 11) is -1.74. The minimum absolute atomic E-state index is 0.0105. The lowest BCUT2D eigenvalue weighted by molar-refractivity contribution is -0.131. The molecule has 1 aromatic rings. The van der Waals surface area contributed by atoms with Gasteiger partial charge in [-0.25, -0.2) is 8.42 Å². The fourth-order valence-corrected chi connectivity index (χ4v) is 5.60. The fourth-order valence-electron chi connectivity index (χ4n) is 4.06. The van der Waals surface area contributed by atoms with Crippen LogP contribution in [0.3, 0.4) is 0 Å². The van der Waals surface area contributed by atoms with E-state index in [1.807, 2.05) is 19.1 Å². The zero-order chi connectivity index (χ0) is 15.4. The second-order valence-electron chi connectivity index (χ2n) is 6.84. The summed E-state index contributed by atoms with van der Waals surface area (Å²) in [6.45, 7) is 6.90. The Morgan fingerprint density at radius 3 is 2.48 bits per heavy atom. The molecule has 1 aliphatic carbocycles. The van der Waals surface area contributed by atoms with Gasteiger partial charge in [0, 0.05) is 31.0 Å². The summed E-state index contributed by atoms with van der Waals surface area (Å²) < 4.78 is 33.0. The number of hydrogen-bond acceptors (Lipinski definition) is 3. The molecule has 0 spiro atoms. The molecule has 0 unspecified atom stereocenters. The summed E-state index contributed by atoms with van der Waals surface area (Å²) in [5, 5.41) is 0. The third kappa shape index (κ3) is 2.14. The Bertz CT molecular complexity index is 636. The Balaban J connectivity index is 1.91. The van der Waals surface area contributed by atoms with Crippen LogP contribution in [0.5, 0.6) is 0 Å². The molecule has 0 amide bonds. The lowest BCUT2D eigenvalue weighted by Gasteiger charge is -2.57. The Labute approximate surface area is 127 Å². The van der Waals surface area contributed by atoms with Crippen molar-refractivity contribution in [3.05, 3.63) is 29.8 Å². The fraction of sp³-hybridized carbons (Fsp3) is 0.625. The normalized spacial score (nSPS) is 31.0. The zero-order valence-corrected chi connectivity index (χ0v) is 13.9. The summed E-state index contributed by atoms with van der Waals surface area (Å²) >= 11 is 0. The van der Waals surface area contributed by atoms with Gasteiger partial charge in [0.25, 0.3) is 0 Å². The average Bonchev–Trinajstić information content (AvgIpc) is 2.85. The largest absolute Gasteiger partial charge is 0.377 e. The number of hydrogen-bond donors (Lipinski definition) is 0. The molecule has 2 fully saturated rings. The molecule has 21 heavy (non-hydrogen) atoms. The number of aryl methyl sites for hydroxylation is 1. The van der Waals surface area contributed by atoms with Crippen LogP contribution in [-0.2, 0) is 14.8 Å². The van der Waals surface area contributed by atoms with Gasteiger partial charge in [-0.1, -0.05) is 31.5 Å². The van der Waals surface area contributed by atoms with E-state index in [1.54, 1.807) is 23.5 Å². The molecule has 1 heterocycles. The number of ether oxygens (including phenoxy) is 1. The Kier molecular flexibility index (Phi) is 3.43. The second-order valence-corrected chi connectivity index (χ2v) is 8.84. The van der Waals surface area contributed by atoms with E-state index in [9.17, 15) is 8.42 Å². The number of fused-ring (bicyclic) bond motifs is 1. The number of sulfonamides is 1. The first-order valence-corrected chi connectivity index (χ1v) is 8.86. The van der Waals surface area contributed by atoms with Crippen molar-refractivity contribution >= 4 is 10.0 Å². The van der Waals surface area contributed by atoms with Crippen molar-refractivity contribution in [2.45, 2.75) is 44.2 Å². The lowest BCUT2D eigenvalue weighted by atomic mass is 9.57. The van der Waals surface area contributed by atoms with Gasteiger partial charge in [-0.2, -0.15) is 4.31 Å². The topological polar surface area (TPSA) is 46.6 Å². The van der Waals surface area contributed by atoms with E-state index in [0.717, 1.165) is 18.6 Å². The van der Waals surface area contributed by atoms with Gasteiger partial charge >= 0.3 is 0 Å². The Morgan fingerprint density at radius 2 is 1.86 bits per heavy atom. The van der Waals surface area contributed by atoms with Gasteiger partial charge in [0.15, 0.2) is 0 Å². The van der Waals surface area contributed by atoms with E-state index in [4.69, 9.17) is 4.74 Å². The third-order valence-electron chi connectivity index (χ3n) is 5.13. The van der Waals surface area contributed by atoms with Gasteiger partial charge in [0.2, 0.25) is 10.0 Å². The van der Waals surface area contributed by atoms with Gasteiger partial charge in [0.05, 0.1) is 11.0 Å². The van der Waals surface area contributed by atoms with Crippen molar-refractivity contribution in [2.75, 3.05) is 13.7 Å². The summed E-state index contributed by atoms with van der Waals surface area (Å²) in [6, 6.07) is 7.07. The first-order chi connectivity index (χ1) is 9.76. The van der Waals surface area contributed by atoms with E-state index in [2.05, 4.69) is 13.8 Å². The molecule has 0 bridgehead atoms. The van der Waals surface area contributed by atoms with Crippen molar-refractivity contribution < 1.29 is 13.2 Å². The van der Waals surface area contributed by atoms with Crippen molar-refractivity contribution in [3.8, 4) is 0 Å². The smallest absolute Gasteiger partial charge is 0.243 e. The summed E-state index contributed by atoms with van der Waals surface area (Å²) in [5.74, 6) is 0.324. The van der Waals surface area contributed by atoms with Gasteiger partial charge in [-0.3, -0.25) is 0 Å². The van der Waals surface area contributed by atoms with Crippen LogP contribution < -0.4 is 0 Å². The average molecular weight is 309 g/mol. The van der Waals surface area contributed by atoms with Crippen LogP contribution in [0.1, 0.15) is 25.8 Å². The van der Waals surface area contributed by atoms with Gasteiger partial charge in [0.1, 0.15) is 0 Å². The Hall–Kier alpha value is -0.910. The van der Waals surface area contributed by atoms with Crippen LogP contribution in [0.4, 0.5) is 0 Å².